The topological polar surface area (TPSA) is 83.1 Å². The number of fused-ring (bicyclic) bond motifs is 1. The van der Waals surface area contributed by atoms with Gasteiger partial charge < -0.3 is 24.3 Å². The second kappa shape index (κ2) is 8.45. The number of benzene rings is 2. The summed E-state index contributed by atoms with van der Waals surface area (Å²) in [4.78, 5) is 24.7. The lowest BCUT2D eigenvalue weighted by molar-refractivity contribution is -0.141. The molecule has 0 aliphatic carbocycles. The molecule has 0 bridgehead atoms. The molecule has 0 atom stereocenters. The van der Waals surface area contributed by atoms with E-state index in [0.717, 1.165) is 6.42 Å². The van der Waals surface area contributed by atoms with E-state index in [1.807, 2.05) is 18.2 Å². The zero-order valence-electron chi connectivity index (χ0n) is 15.4. The van der Waals surface area contributed by atoms with Gasteiger partial charge in [0.15, 0.2) is 23.7 Å². The molecule has 8 heteroatoms. The van der Waals surface area contributed by atoms with Gasteiger partial charge in [0.25, 0.3) is 0 Å². The van der Waals surface area contributed by atoms with Crippen molar-refractivity contribution in [2.75, 3.05) is 25.1 Å². The molecular weight excluding hydrogens is 398 g/mol. The van der Waals surface area contributed by atoms with Gasteiger partial charge in [0, 0.05) is 12.1 Å². The van der Waals surface area contributed by atoms with Crippen LogP contribution < -0.4 is 14.8 Å². The van der Waals surface area contributed by atoms with E-state index in [4.69, 9.17) is 30.5 Å². The minimum Gasteiger partial charge on any atom is -0.489 e. The van der Waals surface area contributed by atoms with Gasteiger partial charge in [0.05, 0.1) is 18.2 Å². The third kappa shape index (κ3) is 4.30. The highest BCUT2D eigenvalue weighted by atomic mass is 35.5. The van der Waals surface area contributed by atoms with Crippen LogP contribution >= 0.6 is 11.6 Å². The Morgan fingerprint density at radius 1 is 1.10 bits per heavy atom. The van der Waals surface area contributed by atoms with E-state index in [-0.39, 0.29) is 24.7 Å². The molecule has 2 heterocycles. The number of hydrogen-bond donors (Lipinski definition) is 1. The molecule has 0 unspecified atom stereocenters. The van der Waals surface area contributed by atoms with Gasteiger partial charge in [-0.3, -0.25) is 4.79 Å². The highest BCUT2D eigenvalue weighted by Crippen LogP contribution is 2.38. The van der Waals surface area contributed by atoms with E-state index < -0.39 is 11.8 Å². The molecule has 0 amide bonds. The van der Waals surface area contributed by atoms with Crippen LogP contribution in [0.15, 0.2) is 53.9 Å². The van der Waals surface area contributed by atoms with E-state index >= 15 is 0 Å². The summed E-state index contributed by atoms with van der Waals surface area (Å²) in [5.74, 6) is -0.134. The largest absolute Gasteiger partial charge is 0.489 e. The molecule has 0 fully saturated rings. The number of halogens is 1. The summed E-state index contributed by atoms with van der Waals surface area (Å²) in [5.41, 5.74) is 1.17. The molecule has 150 valence electrons. The first kappa shape index (κ1) is 19.1. The zero-order valence-corrected chi connectivity index (χ0v) is 16.2. The molecule has 29 heavy (non-hydrogen) atoms. The van der Waals surface area contributed by atoms with Crippen molar-refractivity contribution in [3.63, 3.8) is 0 Å². The average Bonchev–Trinajstić information content (AvgIpc) is 2.92. The van der Waals surface area contributed by atoms with Gasteiger partial charge in [0.1, 0.15) is 6.61 Å². The molecular formula is C21H18ClNO6. The third-order valence-corrected chi connectivity index (χ3v) is 4.60. The number of para-hydroxylation sites is 1. The van der Waals surface area contributed by atoms with Gasteiger partial charge in [0.2, 0.25) is 11.7 Å². The van der Waals surface area contributed by atoms with Gasteiger partial charge >= 0.3 is 5.97 Å². The lowest BCUT2D eigenvalue weighted by atomic mass is 10.2. The van der Waals surface area contributed by atoms with E-state index in [1.165, 1.54) is 0 Å². The molecule has 4 rings (SSSR count). The molecule has 1 N–H and O–H groups in total. The Labute approximate surface area is 172 Å². The number of esters is 1. The normalized spacial score (nSPS) is 15.6. The van der Waals surface area contributed by atoms with Crippen molar-refractivity contribution in [2.24, 2.45) is 0 Å². The number of hydrogen-bond acceptors (Lipinski definition) is 7. The summed E-state index contributed by atoms with van der Waals surface area (Å²) in [5, 5.41) is 3.31. The third-order valence-electron chi connectivity index (χ3n) is 4.32. The first-order valence-corrected chi connectivity index (χ1v) is 9.47. The highest BCUT2D eigenvalue weighted by Gasteiger charge is 2.32. The van der Waals surface area contributed by atoms with Gasteiger partial charge in [-0.1, -0.05) is 29.8 Å². The Morgan fingerprint density at radius 2 is 1.90 bits per heavy atom. The lowest BCUT2D eigenvalue weighted by Gasteiger charge is -2.12. The maximum Gasteiger partial charge on any atom is 0.347 e. The van der Waals surface area contributed by atoms with Crippen LogP contribution in [0.25, 0.3) is 0 Å². The SMILES string of the molecule is O=C1COC(Nc2ccccc2)=C1C(=O)OCc1cc(Cl)c2c(c1)OCCCO2. The smallest absolute Gasteiger partial charge is 0.347 e. The Hall–Kier alpha value is -3.19. The van der Waals surface area contributed by atoms with Crippen LogP contribution in [0.1, 0.15) is 12.0 Å². The second-order valence-electron chi connectivity index (χ2n) is 6.44. The first-order chi connectivity index (χ1) is 14.1. The van der Waals surface area contributed by atoms with Crippen molar-refractivity contribution in [3.05, 3.63) is 64.5 Å². The van der Waals surface area contributed by atoms with Crippen LogP contribution in [-0.4, -0.2) is 31.6 Å². The molecule has 0 saturated carbocycles. The number of Topliss-reactive ketones (excluding diaryl/α,β-unsaturated/α-hetero) is 1. The van der Waals surface area contributed by atoms with Gasteiger partial charge in [-0.15, -0.1) is 0 Å². The van der Waals surface area contributed by atoms with Crippen molar-refractivity contribution in [2.45, 2.75) is 13.0 Å². The summed E-state index contributed by atoms with van der Waals surface area (Å²) in [6, 6.07) is 12.5. The van der Waals surface area contributed by atoms with Crippen molar-refractivity contribution in [1.82, 2.24) is 0 Å². The standard InChI is InChI=1S/C21H18ClNO6/c22-15-9-13(10-17-19(15)27-8-4-7-26-17)11-29-21(25)18-16(24)12-28-20(18)23-14-5-2-1-3-6-14/h1-3,5-6,9-10,23H,4,7-8,11-12H2. The number of carbonyl (C=O) groups is 2. The van der Waals surface area contributed by atoms with E-state index in [2.05, 4.69) is 5.32 Å². The molecule has 2 aromatic carbocycles. The molecule has 2 aromatic rings. The molecule has 0 saturated heterocycles. The molecule has 0 aromatic heterocycles. The van der Waals surface area contributed by atoms with Crippen LogP contribution in [0.5, 0.6) is 11.5 Å². The Balaban J connectivity index is 1.48. The summed E-state index contributed by atoms with van der Waals surface area (Å²) in [6.07, 6.45) is 0.753. The van der Waals surface area contributed by atoms with Gasteiger partial charge in [-0.05, 0) is 29.8 Å². The molecule has 0 radical (unpaired) electrons. The molecule has 2 aliphatic rings. The Morgan fingerprint density at radius 3 is 2.72 bits per heavy atom. The predicted molar refractivity (Wildman–Crippen MR) is 105 cm³/mol. The van der Waals surface area contributed by atoms with Crippen LogP contribution in [0.4, 0.5) is 5.69 Å². The van der Waals surface area contributed by atoms with Crippen molar-refractivity contribution in [3.8, 4) is 11.5 Å². The second-order valence-corrected chi connectivity index (χ2v) is 6.85. The maximum atomic E-state index is 12.5. The van der Waals surface area contributed by atoms with Crippen molar-refractivity contribution >= 4 is 29.0 Å². The number of carbonyl (C=O) groups excluding carboxylic acids is 2. The van der Waals surface area contributed by atoms with Crippen LogP contribution in [0, 0.1) is 0 Å². The monoisotopic (exact) mass is 415 g/mol. The fourth-order valence-corrected chi connectivity index (χ4v) is 3.24. The van der Waals surface area contributed by atoms with Crippen LogP contribution in [-0.2, 0) is 25.7 Å². The summed E-state index contributed by atoms with van der Waals surface area (Å²) < 4.78 is 21.9. The number of anilines is 1. The lowest BCUT2D eigenvalue weighted by Crippen LogP contribution is -2.16. The minimum atomic E-state index is -0.769. The Kier molecular flexibility index (Phi) is 5.57. The van der Waals surface area contributed by atoms with E-state index in [9.17, 15) is 9.59 Å². The molecule has 7 nitrogen and oxygen atoms in total. The Bertz CT molecular complexity index is 973. The number of ketones is 1. The van der Waals surface area contributed by atoms with Gasteiger partial charge in [-0.2, -0.15) is 0 Å². The zero-order chi connectivity index (χ0) is 20.2. The van der Waals surface area contributed by atoms with E-state index in [0.29, 0.717) is 41.0 Å². The van der Waals surface area contributed by atoms with Gasteiger partial charge in [-0.25, -0.2) is 4.79 Å². The van der Waals surface area contributed by atoms with Crippen LogP contribution in [0.3, 0.4) is 0 Å². The molecule has 0 spiro atoms. The quantitative estimate of drug-likeness (QED) is 0.591. The molecule has 2 aliphatic heterocycles. The maximum absolute atomic E-state index is 12.5. The van der Waals surface area contributed by atoms with Crippen LogP contribution in [0.2, 0.25) is 5.02 Å². The van der Waals surface area contributed by atoms with E-state index in [1.54, 1.807) is 24.3 Å². The highest BCUT2D eigenvalue weighted by molar-refractivity contribution is 6.32. The average molecular weight is 416 g/mol. The first-order valence-electron chi connectivity index (χ1n) is 9.09. The fourth-order valence-electron chi connectivity index (χ4n) is 2.95. The number of rotatable bonds is 5. The van der Waals surface area contributed by atoms with Crippen molar-refractivity contribution in [1.29, 1.82) is 0 Å². The summed E-state index contributed by atoms with van der Waals surface area (Å²) in [6.45, 7) is 0.744. The fraction of sp³-hybridized carbons (Fsp3) is 0.238. The number of ether oxygens (including phenoxy) is 4. The number of nitrogens with one attached hydrogen (secondary N) is 1. The summed E-state index contributed by atoms with van der Waals surface area (Å²) in [7, 11) is 0. The minimum absolute atomic E-state index is 0.0788. The summed E-state index contributed by atoms with van der Waals surface area (Å²) >= 11 is 6.26. The van der Waals surface area contributed by atoms with Crippen molar-refractivity contribution < 1.29 is 28.5 Å². The predicted octanol–water partition coefficient (Wildman–Crippen LogP) is 3.47.